The number of rotatable bonds is 7. The van der Waals surface area contributed by atoms with E-state index >= 15 is 0 Å². The van der Waals surface area contributed by atoms with Crippen molar-refractivity contribution < 1.29 is 0 Å². The van der Waals surface area contributed by atoms with Crippen molar-refractivity contribution in [2.45, 2.75) is 19.3 Å². The molecule has 0 saturated heterocycles. The average molecular weight is 933 g/mol. The van der Waals surface area contributed by atoms with E-state index in [0.717, 1.165) is 22.7 Å². The first-order valence-electron chi connectivity index (χ1n) is 25.1. The molecule has 346 valence electrons. The molecule has 2 aliphatic rings. The van der Waals surface area contributed by atoms with Crippen LogP contribution in [0.15, 0.2) is 278 Å². The molecule has 2 heteroatoms. The summed E-state index contributed by atoms with van der Waals surface area (Å²) >= 11 is 0. The molecule has 2 nitrogen and oxygen atoms in total. The Morgan fingerprint density at radius 2 is 0.781 bits per heavy atom. The third-order valence-corrected chi connectivity index (χ3v) is 14.9. The second-order valence-corrected chi connectivity index (χ2v) is 18.7. The van der Waals surface area contributed by atoms with Crippen LogP contribution in [0.5, 0.6) is 0 Å². The summed E-state index contributed by atoms with van der Waals surface area (Å²) < 4.78 is 0. The van der Waals surface area contributed by atoms with E-state index in [4.69, 9.17) is 0 Å². The molecular formula is C71H52N2. The van der Waals surface area contributed by atoms with Crippen LogP contribution in [0.3, 0.4) is 0 Å². The molecule has 73 heavy (non-hydrogen) atoms. The number of allylic oxidation sites excluding steroid dienone is 3. The van der Waals surface area contributed by atoms with Crippen LogP contribution in [0.1, 0.15) is 30.5 Å². The van der Waals surface area contributed by atoms with Crippen molar-refractivity contribution in [1.82, 2.24) is 0 Å². The number of para-hydroxylation sites is 2. The molecule has 0 unspecified atom stereocenters. The minimum atomic E-state index is -0.621. The average Bonchev–Trinajstić information content (AvgIpc) is 3.75. The van der Waals surface area contributed by atoms with E-state index in [-0.39, 0.29) is 0 Å². The second-order valence-electron chi connectivity index (χ2n) is 18.7. The number of hydrogen-bond acceptors (Lipinski definition) is 2. The molecule has 0 aromatic heterocycles. The lowest BCUT2D eigenvalue weighted by Gasteiger charge is -2.47. The fourth-order valence-corrected chi connectivity index (χ4v) is 11.7. The fraction of sp³-hybridized carbons (Fsp3) is 0.0423. The summed E-state index contributed by atoms with van der Waals surface area (Å²) in [5.74, 6) is 0. The van der Waals surface area contributed by atoms with Crippen molar-refractivity contribution in [2.75, 3.05) is 9.80 Å². The Kier molecular flexibility index (Phi) is 11.5. The highest BCUT2D eigenvalue weighted by atomic mass is 15.2. The molecule has 0 atom stereocenters. The molecule has 0 amide bonds. The van der Waals surface area contributed by atoms with Gasteiger partial charge in [-0.1, -0.05) is 188 Å². The van der Waals surface area contributed by atoms with Crippen molar-refractivity contribution in [1.29, 1.82) is 0 Å². The molecule has 1 aliphatic heterocycles. The number of fused-ring (bicyclic) bond motifs is 9. The highest BCUT2D eigenvalue weighted by Gasteiger charge is 2.53. The summed E-state index contributed by atoms with van der Waals surface area (Å²) in [6, 6.07) is 93.9. The molecule has 13 rings (SSSR count). The molecule has 1 heterocycles. The van der Waals surface area contributed by atoms with Crippen molar-refractivity contribution in [3.8, 4) is 57.4 Å². The van der Waals surface area contributed by atoms with E-state index in [9.17, 15) is 0 Å². The van der Waals surface area contributed by atoms with Crippen LogP contribution >= 0.6 is 0 Å². The Hall–Kier alpha value is -9.42. The predicted molar refractivity (Wildman–Crippen MR) is 310 cm³/mol. The molecule has 11 aromatic rings. The van der Waals surface area contributed by atoms with Crippen LogP contribution in [0.25, 0.3) is 66.1 Å². The summed E-state index contributed by atoms with van der Waals surface area (Å²) in [5.41, 5.74) is 21.0. The largest absolute Gasteiger partial charge is 0.311 e. The SMILES string of the molecule is C#C.C/C=C1\C(=C/C)N(c2ccc(N(c3ccccc3)c3ccc(-c4ccccc4)cc3)cc2)c2ccccc2C12c1cc(-c3ccc4ccccc4c3)ccc1-c1ccc(-c3ccc4ccccc4c3)cc12. The van der Waals surface area contributed by atoms with Crippen molar-refractivity contribution >= 4 is 50.0 Å². The normalized spacial score (nSPS) is 14.1. The predicted octanol–water partition coefficient (Wildman–Crippen LogP) is 19.0. The van der Waals surface area contributed by atoms with E-state index in [1.54, 1.807) is 0 Å². The zero-order valence-corrected chi connectivity index (χ0v) is 41.0. The first-order chi connectivity index (χ1) is 36.1. The Morgan fingerprint density at radius 1 is 0.356 bits per heavy atom. The first-order valence-corrected chi connectivity index (χ1v) is 25.1. The van der Waals surface area contributed by atoms with E-state index in [1.807, 2.05) is 0 Å². The Bertz CT molecular complexity index is 3810. The van der Waals surface area contributed by atoms with Gasteiger partial charge in [0.05, 0.1) is 11.1 Å². The van der Waals surface area contributed by atoms with Crippen LogP contribution in [0, 0.1) is 12.8 Å². The van der Waals surface area contributed by atoms with Crippen molar-refractivity contribution in [3.05, 3.63) is 295 Å². The van der Waals surface area contributed by atoms with Crippen LogP contribution in [0.2, 0.25) is 0 Å². The lowest BCUT2D eigenvalue weighted by Crippen LogP contribution is -2.40. The molecular weight excluding hydrogens is 881 g/mol. The van der Waals surface area contributed by atoms with Gasteiger partial charge in [0.2, 0.25) is 0 Å². The van der Waals surface area contributed by atoms with Gasteiger partial charge >= 0.3 is 0 Å². The highest BCUT2D eigenvalue weighted by molar-refractivity contribution is 5.97. The summed E-state index contributed by atoms with van der Waals surface area (Å²) in [5, 5.41) is 4.98. The molecule has 1 aliphatic carbocycles. The first kappa shape index (κ1) is 44.8. The van der Waals surface area contributed by atoms with Gasteiger partial charge in [-0.2, -0.15) is 0 Å². The van der Waals surface area contributed by atoms with Crippen LogP contribution in [0.4, 0.5) is 28.4 Å². The number of benzene rings is 11. The Balaban J connectivity index is 0.00000268. The maximum atomic E-state index is 4.00. The van der Waals surface area contributed by atoms with Gasteiger partial charge in [-0.3, -0.25) is 0 Å². The third kappa shape index (κ3) is 7.45. The lowest BCUT2D eigenvalue weighted by molar-refractivity contribution is 0.724. The molecule has 0 fully saturated rings. The van der Waals surface area contributed by atoms with Gasteiger partial charge in [-0.05, 0) is 181 Å². The zero-order chi connectivity index (χ0) is 49.5. The fourth-order valence-electron chi connectivity index (χ4n) is 11.7. The quantitative estimate of drug-likeness (QED) is 0.147. The zero-order valence-electron chi connectivity index (χ0n) is 41.0. The van der Waals surface area contributed by atoms with E-state index in [2.05, 4.69) is 303 Å². The highest BCUT2D eigenvalue weighted by Crippen LogP contribution is 2.64. The number of anilines is 5. The van der Waals surface area contributed by atoms with Gasteiger partial charge in [-0.15, -0.1) is 12.8 Å². The van der Waals surface area contributed by atoms with Crippen LogP contribution in [-0.4, -0.2) is 0 Å². The van der Waals surface area contributed by atoms with Crippen LogP contribution < -0.4 is 9.80 Å². The minimum Gasteiger partial charge on any atom is -0.311 e. The summed E-state index contributed by atoms with van der Waals surface area (Å²) in [6.45, 7) is 4.43. The molecule has 0 saturated carbocycles. The maximum Gasteiger partial charge on any atom is 0.0751 e. The number of nitrogens with zero attached hydrogens (tertiary/aromatic N) is 2. The monoisotopic (exact) mass is 932 g/mol. The molecule has 0 bridgehead atoms. The lowest BCUT2D eigenvalue weighted by atomic mass is 9.63. The van der Waals surface area contributed by atoms with Gasteiger partial charge in [0, 0.05) is 28.4 Å². The smallest absolute Gasteiger partial charge is 0.0751 e. The van der Waals surface area contributed by atoms with Crippen molar-refractivity contribution in [3.63, 3.8) is 0 Å². The third-order valence-electron chi connectivity index (χ3n) is 14.9. The Morgan fingerprint density at radius 3 is 1.33 bits per heavy atom. The maximum absolute atomic E-state index is 4.00. The van der Waals surface area contributed by atoms with E-state index < -0.39 is 5.41 Å². The minimum absolute atomic E-state index is 0.621. The van der Waals surface area contributed by atoms with E-state index in [0.29, 0.717) is 0 Å². The molecule has 11 aromatic carbocycles. The van der Waals surface area contributed by atoms with Gasteiger partial charge in [0.25, 0.3) is 0 Å². The molecule has 1 spiro atoms. The van der Waals surface area contributed by atoms with Crippen molar-refractivity contribution in [2.24, 2.45) is 0 Å². The Labute approximate surface area is 429 Å². The number of terminal acetylenes is 1. The summed E-state index contributed by atoms with van der Waals surface area (Å²) in [6.07, 6.45) is 12.7. The van der Waals surface area contributed by atoms with Gasteiger partial charge in [0.1, 0.15) is 0 Å². The molecule has 0 N–H and O–H groups in total. The summed E-state index contributed by atoms with van der Waals surface area (Å²) in [4.78, 5) is 4.83. The van der Waals surface area contributed by atoms with Gasteiger partial charge < -0.3 is 9.80 Å². The topological polar surface area (TPSA) is 6.48 Å². The van der Waals surface area contributed by atoms with Crippen LogP contribution in [-0.2, 0) is 5.41 Å². The summed E-state index contributed by atoms with van der Waals surface area (Å²) in [7, 11) is 0. The number of hydrogen-bond donors (Lipinski definition) is 0. The van der Waals surface area contributed by atoms with E-state index in [1.165, 1.54) is 99.7 Å². The molecule has 0 radical (unpaired) electrons. The van der Waals surface area contributed by atoms with Gasteiger partial charge in [-0.25, -0.2) is 0 Å². The second kappa shape index (κ2) is 18.7. The standard InChI is InChI=1S/C69H50N2.C2H2/c1-3-63-67(4-2)71(60-39-37-59(38-40-60)70(57-23-9-6-10-24-57)58-35-31-50(32-36-58)47-17-7-5-8-18-47)68-26-16-15-25-64(68)69(63)65-45-55(53-29-27-48-19-11-13-21-51(48)43-53)33-41-61(65)62-42-34-56(46-66(62)69)54-30-28-49-20-12-14-22-52(49)44-54;1-2/h3-46H,1-2H3;1-2H/b63-3+,67-4+;. The van der Waals surface area contributed by atoms with Gasteiger partial charge in [0.15, 0.2) is 0 Å².